The van der Waals surface area contributed by atoms with Crippen molar-refractivity contribution >= 4 is 23.2 Å². The molecule has 2 aromatic heterocycles. The zero-order chi connectivity index (χ0) is 39.3. The van der Waals surface area contributed by atoms with Crippen LogP contribution in [0, 0.1) is 0 Å². The molecule has 8 rings (SSSR count). The van der Waals surface area contributed by atoms with Crippen molar-refractivity contribution in [1.82, 2.24) is 30.6 Å². The Bertz CT molecular complexity index is 2240. The third kappa shape index (κ3) is 7.73. The summed E-state index contributed by atoms with van der Waals surface area (Å²) in [6.45, 7) is 11.8. The molecule has 0 spiro atoms. The summed E-state index contributed by atoms with van der Waals surface area (Å²) in [6.07, 6.45) is 8.29. The van der Waals surface area contributed by atoms with Crippen LogP contribution in [-0.4, -0.2) is 49.9 Å². The number of benzene rings is 3. The first-order valence-corrected chi connectivity index (χ1v) is 20.2. The van der Waals surface area contributed by atoms with Crippen molar-refractivity contribution in [2.75, 3.05) is 6.61 Å². The first kappa shape index (κ1) is 37.6. The van der Waals surface area contributed by atoms with Gasteiger partial charge in [-0.1, -0.05) is 68.5 Å². The predicted molar refractivity (Wildman–Crippen MR) is 217 cm³/mol. The second-order valence-electron chi connectivity index (χ2n) is 17.8. The van der Waals surface area contributed by atoms with Crippen LogP contribution >= 0.6 is 0 Å². The van der Waals surface area contributed by atoms with Crippen molar-refractivity contribution in [3.05, 3.63) is 78.0 Å². The number of amides is 2. The van der Waals surface area contributed by atoms with Crippen LogP contribution < -0.4 is 15.4 Å². The molecule has 3 aliphatic rings. The highest BCUT2D eigenvalue weighted by atomic mass is 16.6. The maximum absolute atomic E-state index is 12.9. The van der Waals surface area contributed by atoms with Gasteiger partial charge in [0.1, 0.15) is 39.7 Å². The highest BCUT2D eigenvalue weighted by molar-refractivity contribution is 5.83. The molecular weight excluding hydrogens is 705 g/mol. The molecule has 56 heavy (non-hydrogen) atoms. The summed E-state index contributed by atoms with van der Waals surface area (Å²) >= 11 is 0. The molecule has 0 unspecified atom stereocenters. The summed E-state index contributed by atoms with van der Waals surface area (Å²) < 4.78 is 17.6. The van der Waals surface area contributed by atoms with E-state index >= 15 is 0 Å². The minimum Gasteiger partial charge on any atom is -0.492 e. The molecule has 0 bridgehead atoms. The number of carbonyl (C=O) groups excluding carboxylic acids is 2. The second-order valence-corrected chi connectivity index (χ2v) is 17.8. The fourth-order valence-electron chi connectivity index (χ4n) is 8.56. The number of ether oxygens (including phenoxy) is 3. The molecule has 294 valence electrons. The first-order chi connectivity index (χ1) is 26.7. The molecule has 1 aliphatic heterocycles. The van der Waals surface area contributed by atoms with Gasteiger partial charge in [0.15, 0.2) is 0 Å². The van der Waals surface area contributed by atoms with E-state index in [1.165, 1.54) is 0 Å². The first-order valence-electron chi connectivity index (χ1n) is 20.2. The lowest BCUT2D eigenvalue weighted by Crippen LogP contribution is -2.49. The van der Waals surface area contributed by atoms with Crippen molar-refractivity contribution in [3.63, 3.8) is 0 Å². The van der Waals surface area contributed by atoms with Crippen molar-refractivity contribution in [3.8, 4) is 39.3 Å². The molecule has 2 aliphatic carbocycles. The fourth-order valence-corrected chi connectivity index (χ4v) is 8.56. The number of fused-ring (bicyclic) bond motifs is 4. The minimum absolute atomic E-state index is 0.413. The number of alkyl carbamates (subject to hydrolysis) is 2. The Morgan fingerprint density at radius 1 is 0.661 bits per heavy atom. The van der Waals surface area contributed by atoms with Gasteiger partial charge in [-0.05, 0) is 114 Å². The molecule has 11 heteroatoms. The molecule has 3 heterocycles. The van der Waals surface area contributed by atoms with Crippen LogP contribution in [0.3, 0.4) is 0 Å². The van der Waals surface area contributed by atoms with Gasteiger partial charge in [0.2, 0.25) is 0 Å². The SMILES string of the molecule is CC(C)(C)OC(=O)NC1(c2nc3c([nH]2)CCOc2cc(-c4ccc(-c5ccc6nc(C7(NC(=O)OC(C)(C)C)CCCCC7)[nH]c6c5)cc4)ccc2-3)CCCC1. The summed E-state index contributed by atoms with van der Waals surface area (Å²) in [5.74, 6) is 2.36. The van der Waals surface area contributed by atoms with Gasteiger partial charge < -0.3 is 34.8 Å². The normalized spacial score (nSPS) is 17.6. The topological polar surface area (TPSA) is 143 Å². The highest BCUT2D eigenvalue weighted by Crippen LogP contribution is 2.43. The molecule has 2 amide bonds. The van der Waals surface area contributed by atoms with Crippen LogP contribution in [0.25, 0.3) is 44.5 Å². The van der Waals surface area contributed by atoms with Gasteiger partial charge >= 0.3 is 12.2 Å². The number of aromatic amines is 2. The Kier molecular flexibility index (Phi) is 9.61. The molecule has 2 saturated carbocycles. The molecule has 4 N–H and O–H groups in total. The van der Waals surface area contributed by atoms with Gasteiger partial charge in [-0.15, -0.1) is 0 Å². The third-order valence-corrected chi connectivity index (χ3v) is 11.2. The molecule has 0 saturated heterocycles. The Labute approximate surface area is 328 Å². The summed E-state index contributed by atoms with van der Waals surface area (Å²) in [5.41, 5.74) is 6.59. The van der Waals surface area contributed by atoms with Crippen LogP contribution in [0.15, 0.2) is 60.7 Å². The van der Waals surface area contributed by atoms with Crippen LogP contribution in [0.4, 0.5) is 9.59 Å². The maximum atomic E-state index is 12.9. The van der Waals surface area contributed by atoms with Gasteiger partial charge in [0.25, 0.3) is 0 Å². The quantitative estimate of drug-likeness (QED) is 0.135. The van der Waals surface area contributed by atoms with Gasteiger partial charge in [0, 0.05) is 17.7 Å². The average molecular weight is 759 g/mol. The van der Waals surface area contributed by atoms with Gasteiger partial charge in [0.05, 0.1) is 23.3 Å². The monoisotopic (exact) mass is 758 g/mol. The number of imidazole rings is 2. The molecule has 5 aromatic rings. The Balaban J connectivity index is 1.02. The molecular formula is C45H54N6O5. The molecule has 2 fully saturated rings. The molecule has 3 aromatic carbocycles. The number of H-pyrrole nitrogens is 2. The van der Waals surface area contributed by atoms with Crippen molar-refractivity contribution in [1.29, 1.82) is 0 Å². The van der Waals surface area contributed by atoms with E-state index in [9.17, 15) is 9.59 Å². The Morgan fingerprint density at radius 3 is 1.77 bits per heavy atom. The van der Waals surface area contributed by atoms with E-state index in [0.29, 0.717) is 13.0 Å². The zero-order valence-corrected chi connectivity index (χ0v) is 33.5. The van der Waals surface area contributed by atoms with E-state index in [4.69, 9.17) is 24.2 Å². The van der Waals surface area contributed by atoms with E-state index in [1.807, 2.05) is 47.6 Å². The van der Waals surface area contributed by atoms with E-state index in [-0.39, 0.29) is 0 Å². The van der Waals surface area contributed by atoms with Crippen LogP contribution in [0.2, 0.25) is 0 Å². The number of carbonyl (C=O) groups is 2. The van der Waals surface area contributed by atoms with Crippen LogP contribution in [0.1, 0.15) is 117 Å². The number of nitrogens with one attached hydrogen (secondary N) is 4. The largest absolute Gasteiger partial charge is 0.492 e. The van der Waals surface area contributed by atoms with Gasteiger partial charge in [-0.25, -0.2) is 19.6 Å². The summed E-state index contributed by atoms with van der Waals surface area (Å²) in [5, 5.41) is 6.39. The lowest BCUT2D eigenvalue weighted by molar-refractivity contribution is 0.0409. The lowest BCUT2D eigenvalue weighted by Gasteiger charge is -2.36. The minimum atomic E-state index is -0.586. The number of rotatable bonds is 6. The number of hydrogen-bond donors (Lipinski definition) is 4. The lowest BCUT2D eigenvalue weighted by atomic mass is 9.81. The fraction of sp³-hybridized carbons (Fsp3) is 0.467. The van der Waals surface area contributed by atoms with Gasteiger partial charge in [-0.3, -0.25) is 0 Å². The maximum Gasteiger partial charge on any atom is 0.408 e. The molecule has 0 radical (unpaired) electrons. The zero-order valence-electron chi connectivity index (χ0n) is 33.5. The smallest absolute Gasteiger partial charge is 0.408 e. The van der Waals surface area contributed by atoms with E-state index in [0.717, 1.165) is 125 Å². The average Bonchev–Trinajstić information content (AvgIpc) is 3.88. The Morgan fingerprint density at radius 2 is 1.18 bits per heavy atom. The summed E-state index contributed by atoms with van der Waals surface area (Å²) in [6, 6.07) is 21.2. The van der Waals surface area contributed by atoms with E-state index in [2.05, 4.69) is 75.2 Å². The van der Waals surface area contributed by atoms with Crippen molar-refractivity contribution in [2.45, 2.75) is 128 Å². The summed E-state index contributed by atoms with van der Waals surface area (Å²) in [4.78, 5) is 43.2. The van der Waals surface area contributed by atoms with Crippen LogP contribution in [-0.2, 0) is 27.0 Å². The second kappa shape index (κ2) is 14.3. The van der Waals surface area contributed by atoms with E-state index in [1.54, 1.807) is 0 Å². The van der Waals surface area contributed by atoms with Crippen molar-refractivity contribution < 1.29 is 23.8 Å². The van der Waals surface area contributed by atoms with Crippen molar-refractivity contribution in [2.24, 2.45) is 0 Å². The van der Waals surface area contributed by atoms with Gasteiger partial charge in [-0.2, -0.15) is 0 Å². The van der Waals surface area contributed by atoms with Crippen LogP contribution in [0.5, 0.6) is 5.75 Å². The predicted octanol–water partition coefficient (Wildman–Crippen LogP) is 10.2. The third-order valence-electron chi connectivity index (χ3n) is 11.2. The van der Waals surface area contributed by atoms with E-state index < -0.39 is 34.5 Å². The standard InChI is InChI=1S/C45H54N6O5/c1-42(2,3)55-40(52)50-44(21-8-7-9-22-44)38-46-33-19-17-30(26-35(33)48-38)28-12-14-29(15-13-28)31-16-18-32-36(27-31)54-25-20-34-37(32)49-39(47-34)45(23-10-11-24-45)51-41(53)56-43(4,5)6/h12-19,26-27H,7-11,20-25H2,1-6H3,(H,46,48)(H,47,49)(H,50,52)(H,51,53). The Hall–Kier alpha value is -5.32. The molecule has 0 atom stereocenters. The summed E-state index contributed by atoms with van der Waals surface area (Å²) in [7, 11) is 0. The number of nitrogens with zero attached hydrogens (tertiary/aromatic N) is 2. The molecule has 11 nitrogen and oxygen atoms in total. The number of hydrogen-bond acceptors (Lipinski definition) is 7. The number of aromatic nitrogens is 4. The highest BCUT2D eigenvalue weighted by Gasteiger charge is 2.42.